The molecule has 0 radical (unpaired) electrons. The fraction of sp³-hybridized carbons (Fsp3) is 0.438. The Morgan fingerprint density at radius 3 is 2.60 bits per heavy atom. The van der Waals surface area contributed by atoms with E-state index in [4.69, 9.17) is 5.11 Å². The highest BCUT2D eigenvalue weighted by Crippen LogP contribution is 2.26. The number of hydrogen-bond acceptors (Lipinski definition) is 4. The first kappa shape index (κ1) is 15.2. The summed E-state index contributed by atoms with van der Waals surface area (Å²) >= 11 is 1.74. The summed E-state index contributed by atoms with van der Waals surface area (Å²) in [6.07, 6.45) is 3.06. The first-order valence-corrected chi connectivity index (χ1v) is 7.89. The Morgan fingerprint density at radius 2 is 1.95 bits per heavy atom. The average molecular weight is 290 g/mol. The fourth-order valence-corrected chi connectivity index (χ4v) is 3.12. The minimum Gasteiger partial charge on any atom is -0.395 e. The molecule has 0 aliphatic carbocycles. The van der Waals surface area contributed by atoms with Crippen molar-refractivity contribution in [2.24, 2.45) is 0 Å². The number of aryl methyl sites for hydroxylation is 1. The summed E-state index contributed by atoms with van der Waals surface area (Å²) in [7, 11) is 0. The van der Waals surface area contributed by atoms with Gasteiger partial charge >= 0.3 is 0 Å². The summed E-state index contributed by atoms with van der Waals surface area (Å²) in [6, 6.07) is 8.47. The molecule has 0 fully saturated rings. The van der Waals surface area contributed by atoms with E-state index in [-0.39, 0.29) is 6.61 Å². The minimum atomic E-state index is 0.212. The molecule has 0 spiro atoms. The Bertz CT molecular complexity index is 516. The molecule has 0 amide bonds. The van der Waals surface area contributed by atoms with Crippen LogP contribution in [0.4, 0.5) is 0 Å². The molecular formula is C16H22N2OS. The lowest BCUT2D eigenvalue weighted by Gasteiger charge is -2.19. The zero-order valence-corrected chi connectivity index (χ0v) is 13.0. The number of hydrogen-bond donors (Lipinski definition) is 1. The molecule has 0 saturated heterocycles. The zero-order valence-electron chi connectivity index (χ0n) is 12.2. The van der Waals surface area contributed by atoms with E-state index in [1.807, 2.05) is 6.20 Å². The van der Waals surface area contributed by atoms with E-state index in [0.717, 1.165) is 31.1 Å². The van der Waals surface area contributed by atoms with Gasteiger partial charge in [-0.3, -0.25) is 4.90 Å². The van der Waals surface area contributed by atoms with Gasteiger partial charge in [0, 0.05) is 29.7 Å². The molecule has 2 rings (SSSR count). The highest BCUT2D eigenvalue weighted by Gasteiger charge is 2.09. The molecule has 2 aromatic rings. The molecule has 1 heterocycles. The standard InChI is InChI=1S/C16H22N2OS/c1-3-8-18(9-10-19)12-15-11-17-16(20-15)14-6-4-13(2)5-7-14/h4-7,11,19H,3,8-10,12H2,1-2H3. The lowest BCUT2D eigenvalue weighted by atomic mass is 10.2. The molecule has 0 bridgehead atoms. The average Bonchev–Trinajstić information content (AvgIpc) is 2.89. The molecule has 0 unspecified atom stereocenters. The number of benzene rings is 1. The summed E-state index contributed by atoms with van der Waals surface area (Å²) in [5.74, 6) is 0. The molecule has 0 saturated carbocycles. The third kappa shape index (κ3) is 4.13. The summed E-state index contributed by atoms with van der Waals surface area (Å²) in [6.45, 7) is 7.08. The first-order valence-electron chi connectivity index (χ1n) is 7.08. The number of rotatable bonds is 7. The second-order valence-corrected chi connectivity index (χ2v) is 6.11. The summed E-state index contributed by atoms with van der Waals surface area (Å²) < 4.78 is 0. The van der Waals surface area contributed by atoms with Crippen molar-refractivity contribution in [1.82, 2.24) is 9.88 Å². The largest absolute Gasteiger partial charge is 0.395 e. The monoisotopic (exact) mass is 290 g/mol. The fourth-order valence-electron chi connectivity index (χ4n) is 2.16. The quantitative estimate of drug-likeness (QED) is 0.850. The molecule has 3 nitrogen and oxygen atoms in total. The Balaban J connectivity index is 2.06. The lowest BCUT2D eigenvalue weighted by Crippen LogP contribution is -2.26. The van der Waals surface area contributed by atoms with Crippen LogP contribution in [0.2, 0.25) is 0 Å². The van der Waals surface area contributed by atoms with Crippen molar-refractivity contribution in [3.63, 3.8) is 0 Å². The molecular weight excluding hydrogens is 268 g/mol. The van der Waals surface area contributed by atoms with Gasteiger partial charge in [-0.25, -0.2) is 4.98 Å². The van der Waals surface area contributed by atoms with Crippen LogP contribution in [-0.4, -0.2) is 34.7 Å². The van der Waals surface area contributed by atoms with Crippen molar-refractivity contribution in [3.8, 4) is 10.6 Å². The number of nitrogens with zero attached hydrogens (tertiary/aromatic N) is 2. The lowest BCUT2D eigenvalue weighted by molar-refractivity contribution is 0.191. The van der Waals surface area contributed by atoms with Crippen molar-refractivity contribution >= 4 is 11.3 Å². The van der Waals surface area contributed by atoms with Crippen LogP contribution >= 0.6 is 11.3 Å². The van der Waals surface area contributed by atoms with Gasteiger partial charge in [0.05, 0.1) is 6.61 Å². The van der Waals surface area contributed by atoms with Gasteiger partial charge in [0.2, 0.25) is 0 Å². The van der Waals surface area contributed by atoms with Crippen LogP contribution in [-0.2, 0) is 6.54 Å². The minimum absolute atomic E-state index is 0.212. The summed E-state index contributed by atoms with van der Waals surface area (Å²) in [5, 5.41) is 10.2. The van der Waals surface area contributed by atoms with E-state index < -0.39 is 0 Å². The molecule has 108 valence electrons. The maximum atomic E-state index is 9.10. The Kier molecular flexibility index (Phi) is 5.71. The first-order chi connectivity index (χ1) is 9.72. The van der Waals surface area contributed by atoms with E-state index in [2.05, 4.69) is 48.0 Å². The predicted molar refractivity (Wildman–Crippen MR) is 84.9 cm³/mol. The van der Waals surface area contributed by atoms with Gasteiger partial charge in [0.1, 0.15) is 5.01 Å². The molecule has 20 heavy (non-hydrogen) atoms. The van der Waals surface area contributed by atoms with Crippen LogP contribution in [0.5, 0.6) is 0 Å². The molecule has 0 aliphatic rings. The van der Waals surface area contributed by atoms with Crippen molar-refractivity contribution in [3.05, 3.63) is 40.9 Å². The number of thiazole rings is 1. The van der Waals surface area contributed by atoms with Gasteiger partial charge < -0.3 is 5.11 Å². The van der Waals surface area contributed by atoms with Crippen molar-refractivity contribution in [1.29, 1.82) is 0 Å². The second kappa shape index (κ2) is 7.53. The second-order valence-electron chi connectivity index (χ2n) is 5.00. The highest BCUT2D eigenvalue weighted by atomic mass is 32.1. The molecule has 0 aliphatic heterocycles. The van der Waals surface area contributed by atoms with Crippen LogP contribution in [0.3, 0.4) is 0 Å². The van der Waals surface area contributed by atoms with Crippen molar-refractivity contribution in [2.45, 2.75) is 26.8 Å². The van der Waals surface area contributed by atoms with Crippen LogP contribution in [0.25, 0.3) is 10.6 Å². The smallest absolute Gasteiger partial charge is 0.123 e. The van der Waals surface area contributed by atoms with Gasteiger partial charge in [-0.05, 0) is 19.9 Å². The molecule has 1 aromatic carbocycles. The molecule has 1 N–H and O–H groups in total. The third-order valence-electron chi connectivity index (χ3n) is 3.19. The van der Waals surface area contributed by atoms with Crippen LogP contribution < -0.4 is 0 Å². The highest BCUT2D eigenvalue weighted by molar-refractivity contribution is 7.15. The zero-order chi connectivity index (χ0) is 14.4. The molecule has 1 aromatic heterocycles. The Morgan fingerprint density at radius 1 is 1.20 bits per heavy atom. The number of aromatic nitrogens is 1. The maximum Gasteiger partial charge on any atom is 0.123 e. The topological polar surface area (TPSA) is 36.4 Å². The SMILES string of the molecule is CCCN(CCO)Cc1cnc(-c2ccc(C)cc2)s1. The third-order valence-corrected chi connectivity index (χ3v) is 4.22. The van der Waals surface area contributed by atoms with E-state index in [1.54, 1.807) is 11.3 Å². The van der Waals surface area contributed by atoms with E-state index in [0.29, 0.717) is 0 Å². The Hall–Kier alpha value is -1.23. The van der Waals surface area contributed by atoms with Crippen LogP contribution in [0.15, 0.2) is 30.5 Å². The summed E-state index contributed by atoms with van der Waals surface area (Å²) in [4.78, 5) is 8.04. The van der Waals surface area contributed by atoms with Gasteiger partial charge in [-0.1, -0.05) is 36.8 Å². The van der Waals surface area contributed by atoms with Gasteiger partial charge in [-0.15, -0.1) is 11.3 Å². The number of aliphatic hydroxyl groups excluding tert-OH is 1. The van der Waals surface area contributed by atoms with E-state index in [1.165, 1.54) is 16.0 Å². The van der Waals surface area contributed by atoms with Crippen molar-refractivity contribution in [2.75, 3.05) is 19.7 Å². The van der Waals surface area contributed by atoms with Gasteiger partial charge in [0.15, 0.2) is 0 Å². The van der Waals surface area contributed by atoms with E-state index in [9.17, 15) is 0 Å². The predicted octanol–water partition coefficient (Wildman–Crippen LogP) is 3.32. The molecule has 4 heteroatoms. The van der Waals surface area contributed by atoms with Crippen molar-refractivity contribution < 1.29 is 5.11 Å². The van der Waals surface area contributed by atoms with E-state index >= 15 is 0 Å². The van der Waals surface area contributed by atoms with Gasteiger partial charge in [-0.2, -0.15) is 0 Å². The normalized spacial score (nSPS) is 11.2. The van der Waals surface area contributed by atoms with Crippen LogP contribution in [0, 0.1) is 6.92 Å². The summed E-state index contributed by atoms with van der Waals surface area (Å²) in [5.41, 5.74) is 2.44. The number of aliphatic hydroxyl groups is 1. The maximum absolute atomic E-state index is 9.10. The van der Waals surface area contributed by atoms with Gasteiger partial charge in [0.25, 0.3) is 0 Å². The Labute approximate surface area is 124 Å². The van der Waals surface area contributed by atoms with Crippen LogP contribution in [0.1, 0.15) is 23.8 Å². The molecule has 0 atom stereocenters.